The van der Waals surface area contributed by atoms with Crippen molar-refractivity contribution in [3.8, 4) is 0 Å². The van der Waals surface area contributed by atoms with Crippen LogP contribution in [0.3, 0.4) is 0 Å². The first-order valence-electron chi connectivity index (χ1n) is 6.47. The molecule has 0 N–H and O–H groups in total. The van der Waals surface area contributed by atoms with Crippen molar-refractivity contribution in [2.45, 2.75) is 32.8 Å². The van der Waals surface area contributed by atoms with Gasteiger partial charge in [0, 0.05) is 5.92 Å². The summed E-state index contributed by atoms with van der Waals surface area (Å²) in [5.41, 5.74) is 0.509. The zero-order valence-electron chi connectivity index (χ0n) is 11.6. The second-order valence-corrected chi connectivity index (χ2v) is 5.64. The van der Waals surface area contributed by atoms with Gasteiger partial charge in [-0.2, -0.15) is 0 Å². The van der Waals surface area contributed by atoms with Crippen LogP contribution in [0, 0.1) is 5.92 Å². The zero-order chi connectivity index (χ0) is 14.0. The van der Waals surface area contributed by atoms with E-state index in [1.165, 1.54) is 4.90 Å². The molecule has 0 unspecified atom stereocenters. The van der Waals surface area contributed by atoms with Gasteiger partial charge in [-0.05, 0) is 25.8 Å². The topological polar surface area (TPSA) is 46.6 Å². The van der Waals surface area contributed by atoms with Gasteiger partial charge in [0.25, 0.3) is 0 Å². The van der Waals surface area contributed by atoms with Crippen LogP contribution in [0.2, 0.25) is 0 Å². The Bertz CT molecular complexity index is 481. The average molecular weight is 261 g/mol. The van der Waals surface area contributed by atoms with Crippen LogP contribution in [0.4, 0.5) is 4.79 Å². The van der Waals surface area contributed by atoms with Crippen molar-refractivity contribution in [2.75, 3.05) is 6.54 Å². The van der Waals surface area contributed by atoms with Gasteiger partial charge in [-0.3, -0.25) is 4.79 Å². The van der Waals surface area contributed by atoms with Crippen LogP contribution in [0.5, 0.6) is 0 Å². The number of amides is 2. The molecular formula is C15H19NO3. The highest BCUT2D eigenvalue weighted by molar-refractivity contribution is 5.94. The molecule has 4 nitrogen and oxygen atoms in total. The van der Waals surface area contributed by atoms with Gasteiger partial charge in [0.15, 0.2) is 0 Å². The molecule has 2 rings (SSSR count). The number of hydrogen-bond donors (Lipinski definition) is 0. The summed E-state index contributed by atoms with van der Waals surface area (Å²) in [4.78, 5) is 25.2. The monoisotopic (exact) mass is 261 g/mol. The van der Waals surface area contributed by atoms with E-state index in [4.69, 9.17) is 4.74 Å². The maximum absolute atomic E-state index is 12.3. The number of benzene rings is 1. The fourth-order valence-electron chi connectivity index (χ4n) is 2.26. The number of imide groups is 1. The molecule has 1 saturated heterocycles. The predicted octanol–water partition coefficient (Wildman–Crippen LogP) is 2.62. The lowest BCUT2D eigenvalue weighted by molar-refractivity contribution is -0.131. The molecule has 0 aromatic heterocycles. The molecule has 0 aliphatic carbocycles. The van der Waals surface area contributed by atoms with E-state index in [0.29, 0.717) is 13.0 Å². The minimum atomic E-state index is -0.584. The first kappa shape index (κ1) is 13.6. The Morgan fingerprint density at radius 2 is 2.00 bits per heavy atom. The molecule has 0 radical (unpaired) electrons. The molecule has 1 atom stereocenters. The summed E-state index contributed by atoms with van der Waals surface area (Å²) in [6.45, 7) is 5.78. The number of carbonyl (C=O) groups excluding carboxylic acids is 2. The van der Waals surface area contributed by atoms with E-state index < -0.39 is 11.7 Å². The smallest absolute Gasteiger partial charge is 0.417 e. The zero-order valence-corrected chi connectivity index (χ0v) is 11.6. The molecule has 102 valence electrons. The van der Waals surface area contributed by atoms with E-state index in [2.05, 4.69) is 0 Å². The van der Waals surface area contributed by atoms with Gasteiger partial charge in [0.1, 0.15) is 5.60 Å². The summed E-state index contributed by atoms with van der Waals surface area (Å²) in [6, 6.07) is 9.79. The van der Waals surface area contributed by atoms with Crippen molar-refractivity contribution in [3.05, 3.63) is 35.9 Å². The molecule has 0 spiro atoms. The Morgan fingerprint density at radius 1 is 1.37 bits per heavy atom. The first-order chi connectivity index (χ1) is 8.89. The Hall–Kier alpha value is -1.84. The van der Waals surface area contributed by atoms with Gasteiger partial charge in [-0.15, -0.1) is 0 Å². The number of nitrogens with zero attached hydrogens (tertiary/aromatic N) is 1. The number of cyclic esters (lactones) is 1. The number of carbonyl (C=O) groups is 2. The van der Waals surface area contributed by atoms with Gasteiger partial charge in [-0.25, -0.2) is 9.69 Å². The lowest BCUT2D eigenvalue weighted by Gasteiger charge is -2.18. The molecule has 0 saturated carbocycles. The summed E-state index contributed by atoms with van der Waals surface area (Å²) < 4.78 is 5.15. The molecule has 0 bridgehead atoms. The number of ether oxygens (including phenoxy) is 1. The molecule has 19 heavy (non-hydrogen) atoms. The summed E-state index contributed by atoms with van der Waals surface area (Å²) in [6.07, 6.45) is 0.0964. The summed E-state index contributed by atoms with van der Waals surface area (Å²) >= 11 is 0. The predicted molar refractivity (Wildman–Crippen MR) is 71.6 cm³/mol. The van der Waals surface area contributed by atoms with Gasteiger partial charge >= 0.3 is 6.09 Å². The average Bonchev–Trinajstić information content (AvgIpc) is 2.63. The Balaban J connectivity index is 2.02. The number of rotatable bonds is 3. The maximum Gasteiger partial charge on any atom is 0.417 e. The van der Waals surface area contributed by atoms with E-state index in [9.17, 15) is 9.59 Å². The lowest BCUT2D eigenvalue weighted by atomic mass is 9.99. The third-order valence-corrected chi connectivity index (χ3v) is 3.20. The van der Waals surface area contributed by atoms with Gasteiger partial charge in [0.2, 0.25) is 5.91 Å². The first-order valence-corrected chi connectivity index (χ1v) is 6.47. The van der Waals surface area contributed by atoms with Crippen molar-refractivity contribution in [2.24, 2.45) is 5.92 Å². The SMILES string of the molecule is C[C@@H](Cc1ccccc1)C(=O)N1CC(C)(C)OC1=O. The lowest BCUT2D eigenvalue weighted by Crippen LogP contribution is -2.38. The maximum atomic E-state index is 12.3. The third-order valence-electron chi connectivity index (χ3n) is 3.20. The van der Waals surface area contributed by atoms with Crippen molar-refractivity contribution in [3.63, 3.8) is 0 Å². The molecule has 1 aromatic carbocycles. The van der Waals surface area contributed by atoms with Crippen LogP contribution in [-0.4, -0.2) is 29.0 Å². The number of hydrogen-bond acceptors (Lipinski definition) is 3. The van der Waals surface area contributed by atoms with Crippen LogP contribution in [-0.2, 0) is 16.0 Å². The Labute approximate surface area is 113 Å². The van der Waals surface area contributed by atoms with Gasteiger partial charge < -0.3 is 4.74 Å². The molecule has 2 amide bonds. The molecule has 1 aromatic rings. The quantitative estimate of drug-likeness (QED) is 0.840. The summed E-state index contributed by atoms with van der Waals surface area (Å²) in [5.74, 6) is -0.400. The molecule has 1 aliphatic heterocycles. The van der Waals surface area contributed by atoms with Gasteiger partial charge in [0.05, 0.1) is 6.54 Å². The molecule has 1 heterocycles. The fourth-order valence-corrected chi connectivity index (χ4v) is 2.26. The highest BCUT2D eigenvalue weighted by atomic mass is 16.6. The van der Waals surface area contributed by atoms with Crippen molar-refractivity contribution in [1.82, 2.24) is 4.90 Å². The third kappa shape index (κ3) is 3.13. The fraction of sp³-hybridized carbons (Fsp3) is 0.467. The van der Waals surface area contributed by atoms with Crippen LogP contribution in [0.1, 0.15) is 26.3 Å². The van der Waals surface area contributed by atoms with Crippen LogP contribution in [0.15, 0.2) is 30.3 Å². The van der Waals surface area contributed by atoms with Crippen molar-refractivity contribution < 1.29 is 14.3 Å². The Kier molecular flexibility index (Phi) is 3.60. The molecular weight excluding hydrogens is 242 g/mol. The summed E-state index contributed by atoms with van der Waals surface area (Å²) in [5, 5.41) is 0. The summed E-state index contributed by atoms with van der Waals surface area (Å²) in [7, 11) is 0. The van der Waals surface area contributed by atoms with E-state index in [0.717, 1.165) is 5.56 Å². The Morgan fingerprint density at radius 3 is 2.53 bits per heavy atom. The van der Waals surface area contributed by atoms with Crippen molar-refractivity contribution >= 4 is 12.0 Å². The normalized spacial score (nSPS) is 19.1. The van der Waals surface area contributed by atoms with Gasteiger partial charge in [-0.1, -0.05) is 37.3 Å². The van der Waals surface area contributed by atoms with Crippen LogP contribution >= 0.6 is 0 Å². The molecule has 1 aliphatic rings. The molecule has 1 fully saturated rings. The van der Waals surface area contributed by atoms with E-state index >= 15 is 0 Å². The van der Waals surface area contributed by atoms with Crippen LogP contribution in [0.25, 0.3) is 0 Å². The molecule has 4 heteroatoms. The largest absolute Gasteiger partial charge is 0.441 e. The second-order valence-electron chi connectivity index (χ2n) is 5.64. The second kappa shape index (κ2) is 5.03. The highest BCUT2D eigenvalue weighted by Gasteiger charge is 2.42. The standard InChI is InChI=1S/C15H19NO3/c1-11(9-12-7-5-4-6-8-12)13(17)16-10-15(2,3)19-14(16)18/h4-8,11H,9-10H2,1-3H3/t11-/m0/s1. The van der Waals surface area contributed by atoms with E-state index in [1.54, 1.807) is 13.8 Å². The van der Waals surface area contributed by atoms with E-state index in [1.807, 2.05) is 37.3 Å². The highest BCUT2D eigenvalue weighted by Crippen LogP contribution is 2.24. The minimum Gasteiger partial charge on any atom is -0.441 e. The van der Waals surface area contributed by atoms with E-state index in [-0.39, 0.29) is 11.8 Å². The van der Waals surface area contributed by atoms with Crippen molar-refractivity contribution in [1.29, 1.82) is 0 Å². The van der Waals surface area contributed by atoms with Crippen LogP contribution < -0.4 is 0 Å². The minimum absolute atomic E-state index is 0.167.